The number of fused-ring (bicyclic) bond motifs is 2. The summed E-state index contributed by atoms with van der Waals surface area (Å²) in [5.41, 5.74) is 0.945. The second-order valence-corrected chi connectivity index (χ2v) is 9.40. The van der Waals surface area contributed by atoms with E-state index >= 15 is 0 Å². The molecule has 2 aromatic carbocycles. The number of carbonyl (C=O) groups excluding carboxylic acids is 2. The fourth-order valence-electron chi connectivity index (χ4n) is 3.84. The highest BCUT2D eigenvalue weighted by atomic mass is 31.2. The molecule has 0 saturated carbocycles. The Hall–Kier alpha value is -3.69. The van der Waals surface area contributed by atoms with Crippen LogP contribution in [0.4, 0.5) is 4.39 Å². The maximum absolute atomic E-state index is 13.7. The number of pyridine rings is 1. The molecular formula is C29H32FN2O7P. The van der Waals surface area contributed by atoms with Crippen molar-refractivity contribution in [2.75, 3.05) is 33.5 Å². The van der Waals surface area contributed by atoms with Crippen molar-refractivity contribution < 1.29 is 37.2 Å². The predicted octanol–water partition coefficient (Wildman–Crippen LogP) is 6.23. The lowest BCUT2D eigenvalue weighted by Gasteiger charge is -2.19. The van der Waals surface area contributed by atoms with Gasteiger partial charge < -0.3 is 23.3 Å². The fourth-order valence-corrected chi connectivity index (χ4v) is 4.85. The monoisotopic (exact) mass is 570 g/mol. The van der Waals surface area contributed by atoms with Gasteiger partial charge in [0.05, 0.1) is 25.3 Å². The van der Waals surface area contributed by atoms with Crippen molar-refractivity contribution in [2.24, 2.45) is 0 Å². The summed E-state index contributed by atoms with van der Waals surface area (Å²) in [6.45, 7) is 11.5. The molecule has 0 unspecified atom stereocenters. The zero-order chi connectivity index (χ0) is 29.1. The minimum atomic E-state index is -1.54. The molecular weight excluding hydrogens is 538 g/mol. The Morgan fingerprint density at radius 2 is 1.57 bits per heavy atom. The summed E-state index contributed by atoms with van der Waals surface area (Å²) in [6, 6.07) is 8.96. The molecule has 2 heterocycles. The quantitative estimate of drug-likeness (QED) is 0.0974. The molecule has 11 heteroatoms. The number of methoxy groups -OCH3 is 1. The zero-order valence-electron chi connectivity index (χ0n) is 22.7. The van der Waals surface area contributed by atoms with Gasteiger partial charge in [-0.3, -0.25) is 19.5 Å². The predicted molar refractivity (Wildman–Crippen MR) is 151 cm³/mol. The van der Waals surface area contributed by atoms with Gasteiger partial charge in [-0.15, -0.1) is 13.2 Å². The largest absolute Gasteiger partial charge is 0.483 e. The average Bonchev–Trinajstić information content (AvgIpc) is 3.22. The first-order valence-corrected chi connectivity index (χ1v) is 13.9. The number of benzene rings is 2. The maximum Gasteiger partial charge on any atom is 0.265 e. The summed E-state index contributed by atoms with van der Waals surface area (Å²) in [6.07, 6.45) is 4.68. The van der Waals surface area contributed by atoms with Crippen molar-refractivity contribution in [2.45, 2.75) is 20.4 Å². The molecule has 0 aliphatic carbocycles. The number of carbonyl (C=O) groups is 2. The third-order valence-corrected chi connectivity index (χ3v) is 6.67. The van der Waals surface area contributed by atoms with Crippen LogP contribution in [0.15, 0.2) is 67.9 Å². The van der Waals surface area contributed by atoms with E-state index in [-0.39, 0.29) is 55.5 Å². The van der Waals surface area contributed by atoms with Gasteiger partial charge in [-0.05, 0) is 29.8 Å². The molecule has 4 rings (SSSR count). The second-order valence-electron chi connectivity index (χ2n) is 7.96. The van der Waals surface area contributed by atoms with Crippen molar-refractivity contribution in [1.82, 2.24) is 9.88 Å². The lowest BCUT2D eigenvalue weighted by atomic mass is 10.0. The van der Waals surface area contributed by atoms with E-state index in [4.69, 9.17) is 23.3 Å². The summed E-state index contributed by atoms with van der Waals surface area (Å²) >= 11 is 0. The van der Waals surface area contributed by atoms with Gasteiger partial charge >= 0.3 is 0 Å². The summed E-state index contributed by atoms with van der Waals surface area (Å²) in [5, 5.41) is 0.463. The fraction of sp³-hybridized carbons (Fsp3) is 0.276. The van der Waals surface area contributed by atoms with E-state index < -0.39 is 26.0 Å². The second kappa shape index (κ2) is 15.2. The minimum Gasteiger partial charge on any atom is -0.483 e. The van der Waals surface area contributed by atoms with Gasteiger partial charge in [0.2, 0.25) is 8.38 Å². The van der Waals surface area contributed by atoms with Gasteiger partial charge in [0.25, 0.3) is 11.8 Å². The van der Waals surface area contributed by atoms with Gasteiger partial charge in [0, 0.05) is 18.7 Å². The third-order valence-electron chi connectivity index (χ3n) is 5.45. The molecule has 40 heavy (non-hydrogen) atoms. The summed E-state index contributed by atoms with van der Waals surface area (Å²) in [5.74, 6) is -1.33. The van der Waals surface area contributed by atoms with Crippen LogP contribution in [0.5, 0.6) is 11.5 Å². The highest BCUT2D eigenvalue weighted by Crippen LogP contribution is 2.46. The number of ether oxygens (including phenoxy) is 3. The molecule has 1 aliphatic heterocycles. The molecule has 0 radical (unpaired) electrons. The molecule has 1 aromatic heterocycles. The van der Waals surface area contributed by atoms with E-state index in [2.05, 4.69) is 18.1 Å². The highest BCUT2D eigenvalue weighted by Gasteiger charge is 2.43. The Bertz CT molecular complexity index is 1340. The average molecular weight is 571 g/mol. The Balaban J connectivity index is 0.00000216. The highest BCUT2D eigenvalue weighted by molar-refractivity contribution is 7.47. The van der Waals surface area contributed by atoms with E-state index in [1.165, 1.54) is 31.4 Å². The number of halogens is 1. The summed E-state index contributed by atoms with van der Waals surface area (Å²) < 4.78 is 41.8. The van der Waals surface area contributed by atoms with E-state index in [0.29, 0.717) is 16.5 Å². The van der Waals surface area contributed by atoms with Gasteiger partial charge in [-0.1, -0.05) is 38.1 Å². The van der Waals surface area contributed by atoms with Gasteiger partial charge in [0.15, 0.2) is 18.9 Å². The van der Waals surface area contributed by atoms with Crippen LogP contribution in [0.2, 0.25) is 0 Å². The Labute approximate surface area is 234 Å². The smallest absolute Gasteiger partial charge is 0.265 e. The molecule has 2 amide bonds. The number of rotatable bonds is 14. The topological polar surface area (TPSA) is 96.4 Å². The van der Waals surface area contributed by atoms with Crippen molar-refractivity contribution >= 4 is 31.1 Å². The number of nitrogens with zero attached hydrogens (tertiary/aromatic N) is 2. The van der Waals surface area contributed by atoms with E-state index in [9.17, 15) is 14.0 Å². The molecule has 0 spiro atoms. The molecule has 0 atom stereocenters. The normalized spacial score (nSPS) is 12.3. The molecule has 0 saturated heterocycles. The van der Waals surface area contributed by atoms with Crippen LogP contribution in [0.3, 0.4) is 0 Å². The van der Waals surface area contributed by atoms with Gasteiger partial charge in [-0.25, -0.2) is 4.39 Å². The van der Waals surface area contributed by atoms with E-state index in [1.54, 1.807) is 30.5 Å². The van der Waals surface area contributed by atoms with Crippen LogP contribution in [0.1, 0.15) is 40.1 Å². The number of hydrogen-bond donors (Lipinski definition) is 0. The van der Waals surface area contributed by atoms with Crippen molar-refractivity contribution in [3.8, 4) is 11.5 Å². The molecule has 0 N–H and O–H groups in total. The van der Waals surface area contributed by atoms with Crippen LogP contribution in [0.25, 0.3) is 10.9 Å². The van der Waals surface area contributed by atoms with Gasteiger partial charge in [0.1, 0.15) is 22.6 Å². The van der Waals surface area contributed by atoms with Crippen LogP contribution in [-0.2, 0) is 20.3 Å². The number of imide groups is 1. The van der Waals surface area contributed by atoms with Crippen LogP contribution in [0, 0.1) is 5.82 Å². The molecule has 3 aromatic rings. The van der Waals surface area contributed by atoms with Crippen LogP contribution in [-0.4, -0.2) is 55.2 Å². The van der Waals surface area contributed by atoms with Crippen LogP contribution < -0.4 is 9.47 Å². The van der Waals surface area contributed by atoms with Crippen molar-refractivity contribution in [3.63, 3.8) is 0 Å². The van der Waals surface area contributed by atoms with Gasteiger partial charge in [-0.2, -0.15) is 0 Å². The molecule has 0 fully saturated rings. The third kappa shape index (κ3) is 6.89. The maximum atomic E-state index is 13.7. The SMILES string of the molecule is C=CCOP(COc1c2c(c(OCOC)c3ncccc13)C(=O)N(Cc1ccc(F)cc1)C2=O)OCC=C.CC. The number of aromatic nitrogens is 1. The Morgan fingerprint density at radius 3 is 2.17 bits per heavy atom. The molecule has 0 bridgehead atoms. The lowest BCUT2D eigenvalue weighted by Crippen LogP contribution is -2.29. The first kappa shape index (κ1) is 30.8. The molecule has 212 valence electrons. The Morgan fingerprint density at radius 1 is 0.950 bits per heavy atom. The standard InChI is InChI=1S/C27H26FN2O7P.C2H6/c1-4-13-36-38(37-14-5-2)17-35-24-20-7-6-12-29-23(20)25(34-16-33-3)22-21(24)26(31)30(27(22)32)15-18-8-10-19(28)11-9-18;1-2/h4-12H,1-2,13-17H2,3H3;1-2H3. The zero-order valence-corrected chi connectivity index (χ0v) is 23.6. The first-order chi connectivity index (χ1) is 19.5. The first-order valence-electron chi connectivity index (χ1n) is 12.5. The minimum absolute atomic E-state index is 0.0127. The van der Waals surface area contributed by atoms with Crippen LogP contribution >= 0.6 is 8.38 Å². The van der Waals surface area contributed by atoms with Crippen molar-refractivity contribution in [3.05, 3.63) is 90.4 Å². The van der Waals surface area contributed by atoms with Crippen molar-refractivity contribution in [1.29, 1.82) is 0 Å². The lowest BCUT2D eigenvalue weighted by molar-refractivity contribution is 0.0505. The molecule has 1 aliphatic rings. The van der Waals surface area contributed by atoms with E-state index in [0.717, 1.165) is 4.90 Å². The number of amides is 2. The number of hydrogen-bond acceptors (Lipinski definition) is 8. The summed E-state index contributed by atoms with van der Waals surface area (Å²) in [7, 11) is -0.0958. The van der Waals surface area contributed by atoms with E-state index in [1.807, 2.05) is 13.8 Å². The Kier molecular flexibility index (Phi) is 11.7. The summed E-state index contributed by atoms with van der Waals surface area (Å²) in [4.78, 5) is 32.8. The molecule has 9 nitrogen and oxygen atoms in total.